The number of hydrogen-bond donors (Lipinski definition) is 0. The Morgan fingerprint density at radius 2 is 2.14 bits per heavy atom. The molecule has 14 heavy (non-hydrogen) atoms. The van der Waals surface area contributed by atoms with Crippen molar-refractivity contribution in [2.24, 2.45) is 0 Å². The van der Waals surface area contributed by atoms with E-state index in [4.69, 9.17) is 4.74 Å². The lowest BCUT2D eigenvalue weighted by molar-refractivity contribution is 0.312. The molecule has 0 fully saturated rings. The number of ether oxygens (including phenoxy) is 1. The molecule has 0 aliphatic heterocycles. The molecule has 1 aromatic rings. The quantitative estimate of drug-likeness (QED) is 0.760. The molecular weight excluding hydrogens is 244 g/mol. The summed E-state index contributed by atoms with van der Waals surface area (Å²) in [6, 6.07) is 0.435. The second-order valence-electron chi connectivity index (χ2n) is 2.61. The van der Waals surface area contributed by atoms with E-state index in [2.05, 4.69) is 32.0 Å². The first kappa shape index (κ1) is 11.2. The third-order valence-electron chi connectivity index (χ3n) is 1.51. The Balaban J connectivity index is 2.54. The highest BCUT2D eigenvalue weighted by Crippen LogP contribution is 2.04. The fourth-order valence-corrected chi connectivity index (χ4v) is 1.16. The van der Waals surface area contributed by atoms with Gasteiger partial charge in [-0.15, -0.1) is 0 Å². The molecule has 76 valence electrons. The molecule has 4 heteroatoms. The molecule has 0 saturated carbocycles. The van der Waals surface area contributed by atoms with Crippen LogP contribution >= 0.6 is 15.9 Å². The number of nitrogens with zero attached hydrogens (tertiary/aromatic N) is 2. The summed E-state index contributed by atoms with van der Waals surface area (Å²) in [5.74, 6) is 0. The van der Waals surface area contributed by atoms with Gasteiger partial charge in [-0.2, -0.15) is 0 Å². The highest BCUT2D eigenvalue weighted by atomic mass is 79.9. The summed E-state index contributed by atoms with van der Waals surface area (Å²) in [4.78, 5) is 8.10. The van der Waals surface area contributed by atoms with Crippen LogP contribution in [0.1, 0.15) is 18.9 Å². The molecule has 1 aromatic heterocycles. The Kier molecular flexibility index (Phi) is 5.22. The van der Waals surface area contributed by atoms with Gasteiger partial charge >= 0.3 is 6.01 Å². The third kappa shape index (κ3) is 3.87. The van der Waals surface area contributed by atoms with Crippen molar-refractivity contribution in [2.45, 2.75) is 13.3 Å². The first-order chi connectivity index (χ1) is 6.86. The molecule has 0 spiro atoms. The SMILES string of the molecule is CCOc1ncc(C=CCCBr)cn1. The molecule has 0 N–H and O–H groups in total. The summed E-state index contributed by atoms with van der Waals surface area (Å²) in [5, 5.41) is 0.974. The maximum atomic E-state index is 5.13. The highest BCUT2D eigenvalue weighted by Gasteiger charge is 1.93. The molecule has 0 aliphatic carbocycles. The minimum absolute atomic E-state index is 0.435. The van der Waals surface area contributed by atoms with Crippen molar-refractivity contribution < 1.29 is 4.74 Å². The monoisotopic (exact) mass is 256 g/mol. The van der Waals surface area contributed by atoms with Crippen LogP contribution in [0, 0.1) is 0 Å². The third-order valence-corrected chi connectivity index (χ3v) is 1.97. The molecule has 1 rings (SSSR count). The summed E-state index contributed by atoms with van der Waals surface area (Å²) in [6.45, 7) is 2.51. The van der Waals surface area contributed by atoms with Crippen LogP contribution in [0.3, 0.4) is 0 Å². The molecule has 0 saturated heterocycles. The zero-order valence-electron chi connectivity index (χ0n) is 8.11. The summed E-state index contributed by atoms with van der Waals surface area (Å²) in [6.07, 6.45) is 8.59. The molecule has 0 aliphatic rings. The molecule has 0 radical (unpaired) electrons. The summed E-state index contributed by atoms with van der Waals surface area (Å²) < 4.78 is 5.13. The van der Waals surface area contributed by atoms with Crippen LogP contribution in [0.2, 0.25) is 0 Å². The maximum Gasteiger partial charge on any atom is 0.316 e. The molecule has 1 heterocycles. The van der Waals surface area contributed by atoms with Gasteiger partial charge in [-0.3, -0.25) is 0 Å². The van der Waals surface area contributed by atoms with Gasteiger partial charge in [-0.25, -0.2) is 9.97 Å². The van der Waals surface area contributed by atoms with Crippen molar-refractivity contribution in [3.05, 3.63) is 24.0 Å². The second-order valence-corrected chi connectivity index (χ2v) is 3.41. The molecule has 0 unspecified atom stereocenters. The summed E-state index contributed by atoms with van der Waals surface area (Å²) in [5.41, 5.74) is 0.995. The van der Waals surface area contributed by atoms with Crippen LogP contribution < -0.4 is 4.74 Å². The van der Waals surface area contributed by atoms with Gasteiger partial charge in [0, 0.05) is 23.3 Å². The maximum absolute atomic E-state index is 5.13. The standard InChI is InChI=1S/C10H13BrN2O/c1-2-14-10-12-7-9(8-13-10)5-3-4-6-11/h3,5,7-8H,2,4,6H2,1H3. The van der Waals surface area contributed by atoms with Gasteiger partial charge < -0.3 is 4.74 Å². The fourth-order valence-electron chi connectivity index (χ4n) is 0.898. The van der Waals surface area contributed by atoms with Crippen LogP contribution in [0.25, 0.3) is 6.08 Å². The molecule has 0 amide bonds. The summed E-state index contributed by atoms with van der Waals surface area (Å²) >= 11 is 3.35. The lowest BCUT2D eigenvalue weighted by Gasteiger charge is -1.99. The van der Waals surface area contributed by atoms with E-state index in [-0.39, 0.29) is 0 Å². The number of aromatic nitrogens is 2. The largest absolute Gasteiger partial charge is 0.464 e. The number of hydrogen-bond acceptors (Lipinski definition) is 3. The smallest absolute Gasteiger partial charge is 0.316 e. The van der Waals surface area contributed by atoms with Crippen molar-refractivity contribution >= 4 is 22.0 Å². The topological polar surface area (TPSA) is 35.0 Å². The van der Waals surface area contributed by atoms with Gasteiger partial charge in [0.25, 0.3) is 0 Å². The van der Waals surface area contributed by atoms with Gasteiger partial charge in [0.05, 0.1) is 6.61 Å². The van der Waals surface area contributed by atoms with Gasteiger partial charge in [0.15, 0.2) is 0 Å². The number of rotatable bonds is 5. The fraction of sp³-hybridized carbons (Fsp3) is 0.400. The molecule has 0 aromatic carbocycles. The van der Waals surface area contributed by atoms with E-state index < -0.39 is 0 Å². The van der Waals surface area contributed by atoms with Gasteiger partial charge in [-0.1, -0.05) is 28.1 Å². The van der Waals surface area contributed by atoms with Crippen LogP contribution in [-0.2, 0) is 0 Å². The second kappa shape index (κ2) is 6.54. The van der Waals surface area contributed by atoms with Crippen LogP contribution in [0.4, 0.5) is 0 Å². The Labute approximate surface area is 92.4 Å². The van der Waals surface area contributed by atoms with Gasteiger partial charge in [0.1, 0.15) is 0 Å². The van der Waals surface area contributed by atoms with E-state index in [1.54, 1.807) is 12.4 Å². The summed E-state index contributed by atoms with van der Waals surface area (Å²) in [7, 11) is 0. The van der Waals surface area contributed by atoms with Crippen LogP contribution in [-0.4, -0.2) is 21.9 Å². The van der Waals surface area contributed by atoms with Crippen molar-refractivity contribution in [2.75, 3.05) is 11.9 Å². The average molecular weight is 257 g/mol. The lowest BCUT2D eigenvalue weighted by Crippen LogP contribution is -1.96. The van der Waals surface area contributed by atoms with E-state index in [1.165, 1.54) is 0 Å². The van der Waals surface area contributed by atoms with Gasteiger partial charge in [0.2, 0.25) is 0 Å². The lowest BCUT2D eigenvalue weighted by atomic mass is 10.3. The number of allylic oxidation sites excluding steroid dienone is 1. The highest BCUT2D eigenvalue weighted by molar-refractivity contribution is 9.09. The predicted octanol–water partition coefficient (Wildman–Crippen LogP) is 2.67. The van der Waals surface area contributed by atoms with E-state index in [9.17, 15) is 0 Å². The average Bonchev–Trinajstić information content (AvgIpc) is 2.21. The Hall–Kier alpha value is -0.900. The van der Waals surface area contributed by atoms with E-state index in [0.717, 1.165) is 17.3 Å². The zero-order chi connectivity index (χ0) is 10.2. The molecular formula is C10H13BrN2O. The van der Waals surface area contributed by atoms with E-state index >= 15 is 0 Å². The number of halogens is 1. The van der Waals surface area contributed by atoms with Crippen molar-refractivity contribution in [1.82, 2.24) is 9.97 Å². The number of alkyl halides is 1. The Morgan fingerprint density at radius 1 is 1.43 bits per heavy atom. The van der Waals surface area contributed by atoms with E-state index in [0.29, 0.717) is 12.6 Å². The normalized spacial score (nSPS) is 10.7. The molecule has 0 atom stereocenters. The minimum Gasteiger partial charge on any atom is -0.464 e. The van der Waals surface area contributed by atoms with Crippen molar-refractivity contribution in [1.29, 1.82) is 0 Å². The van der Waals surface area contributed by atoms with E-state index in [1.807, 2.05) is 13.0 Å². The molecule has 0 bridgehead atoms. The Bertz CT molecular complexity index is 285. The van der Waals surface area contributed by atoms with Crippen molar-refractivity contribution in [3.8, 4) is 6.01 Å². The first-order valence-electron chi connectivity index (χ1n) is 4.54. The van der Waals surface area contributed by atoms with Crippen LogP contribution in [0.5, 0.6) is 6.01 Å². The van der Waals surface area contributed by atoms with Crippen molar-refractivity contribution in [3.63, 3.8) is 0 Å². The molecule has 3 nitrogen and oxygen atoms in total. The zero-order valence-corrected chi connectivity index (χ0v) is 9.70. The first-order valence-corrected chi connectivity index (χ1v) is 5.66. The Morgan fingerprint density at radius 3 is 2.71 bits per heavy atom. The van der Waals surface area contributed by atoms with Crippen LogP contribution in [0.15, 0.2) is 18.5 Å². The van der Waals surface area contributed by atoms with Gasteiger partial charge in [-0.05, 0) is 13.3 Å². The minimum atomic E-state index is 0.435. The predicted molar refractivity (Wildman–Crippen MR) is 60.6 cm³/mol.